The third-order valence-corrected chi connectivity index (χ3v) is 3.90. The molecule has 2 rings (SSSR count). The number of rotatable bonds is 4. The van der Waals surface area contributed by atoms with Crippen molar-refractivity contribution in [3.8, 4) is 0 Å². The van der Waals surface area contributed by atoms with Crippen molar-refractivity contribution >= 4 is 5.91 Å². The lowest BCUT2D eigenvalue weighted by Gasteiger charge is -2.35. The predicted octanol–water partition coefficient (Wildman–Crippen LogP) is 1.26. The SMILES string of the molecule is Cc1ccc(C(=O)NCC(N2CCNCC2)C(F)(F)F)c(C)n1. The van der Waals surface area contributed by atoms with E-state index in [0.29, 0.717) is 37.4 Å². The van der Waals surface area contributed by atoms with E-state index in [1.807, 2.05) is 0 Å². The van der Waals surface area contributed by atoms with Crippen molar-refractivity contribution in [3.63, 3.8) is 0 Å². The molecule has 0 spiro atoms. The average Bonchev–Trinajstić information content (AvgIpc) is 2.47. The van der Waals surface area contributed by atoms with Crippen LogP contribution in [0.1, 0.15) is 21.7 Å². The van der Waals surface area contributed by atoms with E-state index in [-0.39, 0.29) is 0 Å². The Balaban J connectivity index is 2.04. The highest BCUT2D eigenvalue weighted by Gasteiger charge is 2.43. The van der Waals surface area contributed by atoms with Gasteiger partial charge in [0.25, 0.3) is 5.91 Å². The highest BCUT2D eigenvalue weighted by atomic mass is 19.4. The molecule has 1 atom stereocenters. The molecule has 1 fully saturated rings. The second-order valence-electron chi connectivity index (χ2n) is 5.64. The summed E-state index contributed by atoms with van der Waals surface area (Å²) >= 11 is 0. The molecule has 1 saturated heterocycles. The van der Waals surface area contributed by atoms with Gasteiger partial charge < -0.3 is 10.6 Å². The zero-order chi connectivity index (χ0) is 17.0. The van der Waals surface area contributed by atoms with E-state index in [2.05, 4.69) is 15.6 Å². The van der Waals surface area contributed by atoms with Gasteiger partial charge >= 0.3 is 6.18 Å². The fourth-order valence-corrected chi connectivity index (χ4v) is 2.66. The van der Waals surface area contributed by atoms with Crippen LogP contribution in [0.25, 0.3) is 0 Å². The molecular formula is C15H21F3N4O. The standard InChI is InChI=1S/C15H21F3N4O/c1-10-3-4-12(11(2)21-10)14(23)20-9-13(15(16,17)18)22-7-5-19-6-8-22/h3-4,13,19H,5-9H2,1-2H3,(H,20,23). The Morgan fingerprint density at radius 1 is 1.35 bits per heavy atom. The third-order valence-electron chi connectivity index (χ3n) is 3.90. The van der Waals surface area contributed by atoms with Crippen LogP contribution >= 0.6 is 0 Å². The molecule has 128 valence electrons. The van der Waals surface area contributed by atoms with Gasteiger partial charge in [-0.25, -0.2) is 0 Å². The molecule has 1 aliphatic rings. The Labute approximate surface area is 133 Å². The first-order chi connectivity index (χ1) is 10.8. The second-order valence-corrected chi connectivity index (χ2v) is 5.64. The minimum absolute atomic E-state index is 0.303. The summed E-state index contributed by atoms with van der Waals surface area (Å²) in [6.07, 6.45) is -4.38. The molecule has 23 heavy (non-hydrogen) atoms. The summed E-state index contributed by atoms with van der Waals surface area (Å²) in [6.45, 7) is 4.65. The Bertz CT molecular complexity index is 556. The molecule has 1 aromatic heterocycles. The molecule has 5 nitrogen and oxygen atoms in total. The lowest BCUT2D eigenvalue weighted by molar-refractivity contribution is -0.183. The van der Waals surface area contributed by atoms with Gasteiger partial charge in [0.2, 0.25) is 0 Å². The summed E-state index contributed by atoms with van der Waals surface area (Å²) in [5.74, 6) is -0.528. The maximum Gasteiger partial charge on any atom is 0.405 e. The minimum atomic E-state index is -4.38. The third kappa shape index (κ3) is 4.65. The fourth-order valence-electron chi connectivity index (χ4n) is 2.66. The van der Waals surface area contributed by atoms with E-state index in [1.54, 1.807) is 26.0 Å². The smallest absolute Gasteiger partial charge is 0.350 e. The van der Waals surface area contributed by atoms with Crippen LogP contribution in [0, 0.1) is 13.8 Å². The van der Waals surface area contributed by atoms with E-state index in [0.717, 1.165) is 5.69 Å². The molecule has 0 radical (unpaired) electrons. The monoisotopic (exact) mass is 330 g/mol. The Morgan fingerprint density at radius 2 is 2.00 bits per heavy atom. The maximum atomic E-state index is 13.3. The normalized spacial score (nSPS) is 17.8. The molecule has 0 aromatic carbocycles. The molecule has 2 heterocycles. The summed E-state index contributed by atoms with van der Waals surface area (Å²) in [6, 6.07) is 1.58. The molecule has 0 bridgehead atoms. The number of amides is 1. The first-order valence-corrected chi connectivity index (χ1v) is 7.53. The predicted molar refractivity (Wildman–Crippen MR) is 80.3 cm³/mol. The van der Waals surface area contributed by atoms with Crippen molar-refractivity contribution in [3.05, 3.63) is 29.1 Å². The number of hydrogen-bond acceptors (Lipinski definition) is 4. The van der Waals surface area contributed by atoms with Crippen molar-refractivity contribution in [2.45, 2.75) is 26.1 Å². The number of aryl methyl sites for hydroxylation is 2. The van der Waals surface area contributed by atoms with E-state index >= 15 is 0 Å². The van der Waals surface area contributed by atoms with Gasteiger partial charge in [-0.15, -0.1) is 0 Å². The quantitative estimate of drug-likeness (QED) is 0.873. The molecule has 1 aliphatic heterocycles. The van der Waals surface area contributed by atoms with Crippen LogP contribution in [0.3, 0.4) is 0 Å². The zero-order valence-corrected chi connectivity index (χ0v) is 13.2. The van der Waals surface area contributed by atoms with Gasteiger partial charge in [-0.1, -0.05) is 0 Å². The second kappa shape index (κ2) is 7.27. The number of carbonyl (C=O) groups is 1. The number of piperazine rings is 1. The number of pyridine rings is 1. The lowest BCUT2D eigenvalue weighted by Crippen LogP contribution is -2.57. The van der Waals surface area contributed by atoms with Crippen LogP contribution in [-0.4, -0.2) is 60.7 Å². The molecule has 2 N–H and O–H groups in total. The van der Waals surface area contributed by atoms with Crippen molar-refractivity contribution in [1.29, 1.82) is 0 Å². The van der Waals surface area contributed by atoms with Crippen LogP contribution in [0.15, 0.2) is 12.1 Å². The molecule has 0 aliphatic carbocycles. The topological polar surface area (TPSA) is 57.3 Å². The number of nitrogens with one attached hydrogen (secondary N) is 2. The Morgan fingerprint density at radius 3 is 2.57 bits per heavy atom. The van der Waals surface area contributed by atoms with Gasteiger partial charge in [0, 0.05) is 38.4 Å². The summed E-state index contributed by atoms with van der Waals surface area (Å²) < 4.78 is 39.8. The van der Waals surface area contributed by atoms with Crippen LogP contribution in [0.2, 0.25) is 0 Å². The van der Waals surface area contributed by atoms with Crippen molar-refractivity contribution in [2.75, 3.05) is 32.7 Å². The van der Waals surface area contributed by atoms with E-state index in [1.165, 1.54) is 4.90 Å². The number of alkyl halides is 3. The van der Waals surface area contributed by atoms with Crippen LogP contribution < -0.4 is 10.6 Å². The summed E-state index contributed by atoms with van der Waals surface area (Å²) in [4.78, 5) is 17.7. The first-order valence-electron chi connectivity index (χ1n) is 7.53. The molecule has 8 heteroatoms. The average molecular weight is 330 g/mol. The molecule has 1 amide bonds. The van der Waals surface area contributed by atoms with E-state index < -0.39 is 24.7 Å². The summed E-state index contributed by atoms with van der Waals surface area (Å²) in [7, 11) is 0. The Hall–Kier alpha value is -1.67. The maximum absolute atomic E-state index is 13.3. The Kier molecular flexibility index (Phi) is 5.59. The van der Waals surface area contributed by atoms with Gasteiger partial charge in [0.05, 0.1) is 11.3 Å². The first kappa shape index (κ1) is 17.7. The zero-order valence-electron chi connectivity index (χ0n) is 13.2. The van der Waals surface area contributed by atoms with E-state index in [4.69, 9.17) is 0 Å². The molecule has 1 aromatic rings. The van der Waals surface area contributed by atoms with Gasteiger partial charge in [-0.05, 0) is 26.0 Å². The van der Waals surface area contributed by atoms with Crippen molar-refractivity contribution < 1.29 is 18.0 Å². The number of hydrogen-bond donors (Lipinski definition) is 2. The fraction of sp³-hybridized carbons (Fsp3) is 0.600. The highest BCUT2D eigenvalue weighted by molar-refractivity contribution is 5.95. The van der Waals surface area contributed by atoms with Crippen molar-refractivity contribution in [1.82, 2.24) is 20.5 Å². The van der Waals surface area contributed by atoms with Crippen molar-refractivity contribution in [2.24, 2.45) is 0 Å². The van der Waals surface area contributed by atoms with Gasteiger partial charge in [-0.3, -0.25) is 14.7 Å². The number of halogens is 3. The highest BCUT2D eigenvalue weighted by Crippen LogP contribution is 2.24. The van der Waals surface area contributed by atoms with Crippen LogP contribution in [-0.2, 0) is 0 Å². The summed E-state index contributed by atoms with van der Waals surface area (Å²) in [5, 5.41) is 5.42. The van der Waals surface area contributed by atoms with Gasteiger partial charge in [0.1, 0.15) is 6.04 Å². The molecule has 0 saturated carbocycles. The molecule has 1 unspecified atom stereocenters. The number of nitrogens with zero attached hydrogens (tertiary/aromatic N) is 2. The lowest BCUT2D eigenvalue weighted by atomic mass is 10.1. The minimum Gasteiger partial charge on any atom is -0.350 e. The molecular weight excluding hydrogens is 309 g/mol. The van der Waals surface area contributed by atoms with Crippen LogP contribution in [0.5, 0.6) is 0 Å². The van der Waals surface area contributed by atoms with E-state index in [9.17, 15) is 18.0 Å². The van der Waals surface area contributed by atoms with Gasteiger partial charge in [0.15, 0.2) is 0 Å². The largest absolute Gasteiger partial charge is 0.405 e. The van der Waals surface area contributed by atoms with Gasteiger partial charge in [-0.2, -0.15) is 13.2 Å². The summed E-state index contributed by atoms with van der Waals surface area (Å²) in [5.41, 5.74) is 1.57. The number of carbonyl (C=O) groups excluding carboxylic acids is 1. The number of aromatic nitrogens is 1. The van der Waals surface area contributed by atoms with Crippen LogP contribution in [0.4, 0.5) is 13.2 Å².